The Kier molecular flexibility index (Phi) is 8.49. The number of alkyl halides is 6. The summed E-state index contributed by atoms with van der Waals surface area (Å²) >= 11 is 0. The molecule has 1 aliphatic heterocycles. The molecule has 0 spiro atoms. The zero-order valence-corrected chi connectivity index (χ0v) is 20.1. The maximum absolute atomic E-state index is 13.6. The molecule has 0 saturated carbocycles. The molecule has 1 aliphatic rings. The zero-order valence-electron chi connectivity index (χ0n) is 19.3. The Labute approximate surface area is 208 Å². The molecule has 0 atom stereocenters. The van der Waals surface area contributed by atoms with Crippen molar-refractivity contribution in [2.75, 3.05) is 49.4 Å². The highest BCUT2D eigenvalue weighted by Gasteiger charge is 2.38. The zero-order chi connectivity index (χ0) is 27.4. The van der Waals surface area contributed by atoms with Gasteiger partial charge in [-0.05, 0) is 29.8 Å². The van der Waals surface area contributed by atoms with Gasteiger partial charge in [-0.2, -0.15) is 39.5 Å². The fourth-order valence-electron chi connectivity index (χ4n) is 3.55. The van der Waals surface area contributed by atoms with Crippen molar-refractivity contribution < 1.29 is 39.6 Å². The molecule has 17 heteroatoms. The molecule has 3 N–H and O–H groups in total. The van der Waals surface area contributed by atoms with E-state index in [1.165, 1.54) is 41.1 Å². The van der Waals surface area contributed by atoms with Crippen LogP contribution in [0.1, 0.15) is 21.7 Å². The molecule has 2 aromatic rings. The van der Waals surface area contributed by atoms with Gasteiger partial charge in [0.2, 0.25) is 0 Å². The summed E-state index contributed by atoms with van der Waals surface area (Å²) in [7, 11) is -3.22. The Morgan fingerprint density at radius 3 is 2.32 bits per heavy atom. The molecule has 3 rings (SSSR count). The van der Waals surface area contributed by atoms with E-state index < -0.39 is 40.7 Å². The molecule has 0 aromatic carbocycles. The third-order valence-electron chi connectivity index (χ3n) is 5.25. The smallest absolute Gasteiger partial charge is 0.367 e. The molecular weight excluding hydrogens is 532 g/mol. The van der Waals surface area contributed by atoms with E-state index in [0.29, 0.717) is 25.2 Å². The molecule has 1 fully saturated rings. The highest BCUT2D eigenvalue weighted by Crippen LogP contribution is 2.35. The standard InChI is InChI=1S/C20H23F6N7O3S/c1-27-18(34)14-2-3-15(17(30-14)20(24,25)26)33-8-6-32(7-9-33)11-13-4-5-28-16(10-13)31-37(35,36)29-12-19(21,22)23/h2-5,10,29H,6-9,11-12H2,1H3,(H,27,34)(H,28,31). The molecule has 2 aromatic heterocycles. The van der Waals surface area contributed by atoms with Gasteiger partial charge in [0.25, 0.3) is 5.91 Å². The predicted molar refractivity (Wildman–Crippen MR) is 121 cm³/mol. The Morgan fingerprint density at radius 1 is 1.05 bits per heavy atom. The number of hydrogen-bond acceptors (Lipinski definition) is 7. The van der Waals surface area contributed by atoms with Crippen LogP contribution >= 0.6 is 0 Å². The fraction of sp³-hybridized carbons (Fsp3) is 0.450. The van der Waals surface area contributed by atoms with E-state index in [2.05, 4.69) is 15.3 Å². The number of nitrogens with zero attached hydrogens (tertiary/aromatic N) is 4. The lowest BCUT2D eigenvalue weighted by molar-refractivity contribution is -0.140. The number of halogens is 6. The van der Waals surface area contributed by atoms with Crippen molar-refractivity contribution in [2.45, 2.75) is 18.9 Å². The van der Waals surface area contributed by atoms with E-state index in [9.17, 15) is 39.6 Å². The van der Waals surface area contributed by atoms with Gasteiger partial charge in [0.15, 0.2) is 5.69 Å². The van der Waals surface area contributed by atoms with Crippen LogP contribution in [0, 0.1) is 0 Å². The molecule has 0 aliphatic carbocycles. The second-order valence-electron chi connectivity index (χ2n) is 8.00. The van der Waals surface area contributed by atoms with Crippen LogP contribution in [0.4, 0.5) is 37.8 Å². The molecule has 1 saturated heterocycles. The summed E-state index contributed by atoms with van der Waals surface area (Å²) in [6, 6.07) is 5.36. The molecular formula is C20H23F6N7O3S. The molecule has 10 nitrogen and oxygen atoms in total. The van der Waals surface area contributed by atoms with Crippen LogP contribution in [-0.4, -0.2) is 75.1 Å². The van der Waals surface area contributed by atoms with Gasteiger partial charge in [0.05, 0.1) is 5.69 Å². The molecule has 0 bridgehead atoms. The van der Waals surface area contributed by atoms with Crippen molar-refractivity contribution in [2.24, 2.45) is 0 Å². The highest BCUT2D eigenvalue weighted by atomic mass is 32.2. The number of anilines is 2. The number of carbonyl (C=O) groups excluding carboxylic acids is 1. The van der Waals surface area contributed by atoms with Crippen molar-refractivity contribution in [3.05, 3.63) is 47.4 Å². The molecule has 37 heavy (non-hydrogen) atoms. The van der Waals surface area contributed by atoms with Gasteiger partial charge in [-0.15, -0.1) is 0 Å². The topological polar surface area (TPSA) is 120 Å². The monoisotopic (exact) mass is 555 g/mol. The lowest BCUT2D eigenvalue weighted by Crippen LogP contribution is -2.46. The summed E-state index contributed by atoms with van der Waals surface area (Å²) < 4.78 is 105. The first-order valence-electron chi connectivity index (χ1n) is 10.7. The largest absolute Gasteiger partial charge is 0.435 e. The first-order valence-corrected chi connectivity index (χ1v) is 12.2. The summed E-state index contributed by atoms with van der Waals surface area (Å²) in [6.07, 6.45) is -8.22. The summed E-state index contributed by atoms with van der Waals surface area (Å²) in [6.45, 7) is -0.310. The van der Waals surface area contributed by atoms with Crippen molar-refractivity contribution in [3.8, 4) is 0 Å². The van der Waals surface area contributed by atoms with E-state index >= 15 is 0 Å². The predicted octanol–water partition coefficient (Wildman–Crippen LogP) is 1.99. The number of pyridine rings is 2. The van der Waals surface area contributed by atoms with Gasteiger partial charge >= 0.3 is 22.6 Å². The molecule has 0 unspecified atom stereocenters. The number of aromatic nitrogens is 2. The minimum Gasteiger partial charge on any atom is -0.367 e. The average Bonchev–Trinajstić information content (AvgIpc) is 2.81. The van der Waals surface area contributed by atoms with Gasteiger partial charge < -0.3 is 10.2 Å². The van der Waals surface area contributed by atoms with E-state index in [1.54, 1.807) is 6.07 Å². The highest BCUT2D eigenvalue weighted by molar-refractivity contribution is 7.90. The lowest BCUT2D eigenvalue weighted by atomic mass is 10.1. The Bertz CT molecular complexity index is 1220. The first kappa shape index (κ1) is 28.4. The Morgan fingerprint density at radius 2 is 1.73 bits per heavy atom. The maximum atomic E-state index is 13.6. The number of carbonyl (C=O) groups is 1. The van der Waals surface area contributed by atoms with Crippen molar-refractivity contribution in [1.82, 2.24) is 24.9 Å². The first-order chi connectivity index (χ1) is 17.2. The average molecular weight is 556 g/mol. The normalized spacial score (nSPS) is 15.5. The van der Waals surface area contributed by atoms with Crippen LogP contribution in [0.15, 0.2) is 30.5 Å². The summed E-state index contributed by atoms with van der Waals surface area (Å²) in [5.41, 5.74) is -1.07. The second kappa shape index (κ2) is 11.1. The molecule has 3 heterocycles. The minimum absolute atomic E-state index is 0.147. The molecule has 1 amide bonds. The van der Waals surface area contributed by atoms with Crippen molar-refractivity contribution in [1.29, 1.82) is 0 Å². The summed E-state index contributed by atoms with van der Waals surface area (Å²) in [5.74, 6) is -0.931. The van der Waals surface area contributed by atoms with Crippen molar-refractivity contribution in [3.63, 3.8) is 0 Å². The third-order valence-corrected chi connectivity index (χ3v) is 6.25. The SMILES string of the molecule is CNC(=O)c1ccc(N2CCN(Cc3ccnc(NS(=O)(=O)NCC(F)(F)F)c3)CC2)c(C(F)(F)F)n1. The Hall–Kier alpha value is -3.18. The molecule has 0 radical (unpaired) electrons. The van der Waals surface area contributed by atoms with Crippen LogP contribution in [-0.2, 0) is 22.9 Å². The van der Waals surface area contributed by atoms with E-state index in [-0.39, 0.29) is 30.3 Å². The van der Waals surface area contributed by atoms with Crippen molar-refractivity contribution >= 4 is 27.6 Å². The van der Waals surface area contributed by atoms with E-state index in [1.807, 2.05) is 9.62 Å². The van der Waals surface area contributed by atoms with Gasteiger partial charge in [0, 0.05) is 46.0 Å². The number of piperazine rings is 1. The maximum Gasteiger partial charge on any atom is 0.435 e. The van der Waals surface area contributed by atoms with Crippen LogP contribution in [0.3, 0.4) is 0 Å². The summed E-state index contributed by atoms with van der Waals surface area (Å²) in [5, 5.41) is 2.24. The quantitative estimate of drug-likeness (QED) is 0.427. The Balaban J connectivity index is 1.64. The van der Waals surface area contributed by atoms with Gasteiger partial charge in [-0.1, -0.05) is 0 Å². The van der Waals surface area contributed by atoms with Gasteiger partial charge in [-0.25, -0.2) is 9.97 Å². The van der Waals surface area contributed by atoms with E-state index in [0.717, 1.165) is 0 Å². The van der Waals surface area contributed by atoms with Crippen LogP contribution in [0.2, 0.25) is 0 Å². The number of nitrogens with one attached hydrogen (secondary N) is 3. The number of hydrogen-bond donors (Lipinski definition) is 3. The fourth-order valence-corrected chi connectivity index (χ4v) is 4.37. The number of amides is 1. The lowest BCUT2D eigenvalue weighted by Gasteiger charge is -2.37. The second-order valence-corrected chi connectivity index (χ2v) is 9.50. The minimum atomic E-state index is -4.77. The van der Waals surface area contributed by atoms with Gasteiger partial charge in [0.1, 0.15) is 18.1 Å². The third kappa shape index (κ3) is 8.16. The molecule has 204 valence electrons. The van der Waals surface area contributed by atoms with Crippen LogP contribution < -0.4 is 19.7 Å². The van der Waals surface area contributed by atoms with Gasteiger partial charge in [-0.3, -0.25) is 14.4 Å². The van der Waals surface area contributed by atoms with Crippen LogP contribution in [0.25, 0.3) is 0 Å². The van der Waals surface area contributed by atoms with Crippen LogP contribution in [0.5, 0.6) is 0 Å². The van der Waals surface area contributed by atoms with E-state index in [4.69, 9.17) is 0 Å². The number of rotatable bonds is 8. The summed E-state index contributed by atoms with van der Waals surface area (Å²) in [4.78, 5) is 22.4.